The molecular weight excluding hydrogens is 354 g/mol. The normalized spacial score (nSPS) is 14.1. The maximum Gasteiger partial charge on any atom is 0.224 e. The fraction of sp³-hybridized carbons (Fsp3) is 0.389. The van der Waals surface area contributed by atoms with Crippen molar-refractivity contribution in [2.75, 3.05) is 49.6 Å². The Bertz CT molecular complexity index is 737. The van der Waals surface area contributed by atoms with Gasteiger partial charge >= 0.3 is 0 Å². The third-order valence-electron chi connectivity index (χ3n) is 4.05. The molecule has 2 heterocycles. The van der Waals surface area contributed by atoms with Crippen LogP contribution >= 0.6 is 11.6 Å². The Hall–Kier alpha value is -2.38. The first kappa shape index (κ1) is 18.4. The van der Waals surface area contributed by atoms with Gasteiger partial charge in [0.2, 0.25) is 5.91 Å². The van der Waals surface area contributed by atoms with Crippen LogP contribution in [0.5, 0.6) is 0 Å². The summed E-state index contributed by atoms with van der Waals surface area (Å²) in [5.74, 6) is 1.56. The van der Waals surface area contributed by atoms with Gasteiger partial charge in [0.05, 0.1) is 19.6 Å². The van der Waals surface area contributed by atoms with Gasteiger partial charge < -0.3 is 20.3 Å². The number of halogens is 1. The lowest BCUT2D eigenvalue weighted by molar-refractivity contribution is -0.120. The van der Waals surface area contributed by atoms with Gasteiger partial charge in [0.25, 0.3) is 0 Å². The molecule has 0 unspecified atom stereocenters. The highest BCUT2D eigenvalue weighted by atomic mass is 35.5. The van der Waals surface area contributed by atoms with E-state index < -0.39 is 0 Å². The van der Waals surface area contributed by atoms with Crippen molar-refractivity contribution in [3.8, 4) is 0 Å². The monoisotopic (exact) mass is 375 g/mol. The summed E-state index contributed by atoms with van der Waals surface area (Å²) in [6, 6.07) is 9.27. The van der Waals surface area contributed by atoms with Gasteiger partial charge in [-0.3, -0.25) is 4.79 Å². The summed E-state index contributed by atoms with van der Waals surface area (Å²) in [6.07, 6.45) is 1.82. The number of morpholine rings is 1. The third kappa shape index (κ3) is 5.31. The summed E-state index contributed by atoms with van der Waals surface area (Å²) >= 11 is 6.07. The number of aromatic nitrogens is 2. The molecule has 138 valence electrons. The maximum atomic E-state index is 12.0. The minimum atomic E-state index is -0.0587. The zero-order valence-corrected chi connectivity index (χ0v) is 15.2. The molecule has 1 saturated heterocycles. The Morgan fingerprint density at radius 2 is 2.00 bits per heavy atom. The molecule has 0 atom stereocenters. The molecular formula is C18H22ClN5O2. The molecule has 1 fully saturated rings. The van der Waals surface area contributed by atoms with Crippen LogP contribution in [0.3, 0.4) is 0 Å². The lowest BCUT2D eigenvalue weighted by Crippen LogP contribution is -2.36. The number of benzene rings is 1. The van der Waals surface area contributed by atoms with Gasteiger partial charge in [0.15, 0.2) is 0 Å². The number of hydrogen-bond donors (Lipinski definition) is 2. The van der Waals surface area contributed by atoms with Crippen LogP contribution in [0, 0.1) is 0 Å². The number of amides is 1. The minimum absolute atomic E-state index is 0.0587. The standard InChI is InChI=1S/C18H22ClN5O2/c19-15-4-2-1-3-14(15)11-18(25)21-6-5-20-16-12-17(23-13-22-16)24-7-9-26-10-8-24/h1-4,12-13H,5-11H2,(H,21,25)(H,20,22,23). The Morgan fingerprint density at radius 3 is 2.81 bits per heavy atom. The highest BCUT2D eigenvalue weighted by Crippen LogP contribution is 2.16. The molecule has 0 aliphatic carbocycles. The second-order valence-corrected chi connectivity index (χ2v) is 6.31. The zero-order chi connectivity index (χ0) is 18.2. The summed E-state index contributed by atoms with van der Waals surface area (Å²) in [5, 5.41) is 6.69. The molecule has 1 aromatic carbocycles. The molecule has 0 radical (unpaired) electrons. The predicted molar refractivity (Wildman–Crippen MR) is 102 cm³/mol. The molecule has 0 spiro atoms. The van der Waals surface area contributed by atoms with E-state index in [2.05, 4.69) is 25.5 Å². The van der Waals surface area contributed by atoms with E-state index in [1.54, 1.807) is 12.4 Å². The Morgan fingerprint density at radius 1 is 1.19 bits per heavy atom. The minimum Gasteiger partial charge on any atom is -0.378 e. The van der Waals surface area contributed by atoms with Crippen molar-refractivity contribution < 1.29 is 9.53 Å². The first-order valence-electron chi connectivity index (χ1n) is 8.61. The number of nitrogens with zero attached hydrogens (tertiary/aromatic N) is 3. The van der Waals surface area contributed by atoms with E-state index in [0.717, 1.165) is 30.3 Å². The first-order chi connectivity index (χ1) is 12.7. The van der Waals surface area contributed by atoms with Crippen LogP contribution in [0.1, 0.15) is 5.56 Å². The second kappa shape index (κ2) is 9.35. The number of nitrogens with one attached hydrogen (secondary N) is 2. The predicted octanol–water partition coefficient (Wildman–Crippen LogP) is 1.74. The SMILES string of the molecule is O=C(Cc1ccccc1Cl)NCCNc1cc(N2CCOCC2)ncn1. The molecule has 1 aromatic heterocycles. The van der Waals surface area contributed by atoms with Crippen molar-refractivity contribution in [3.63, 3.8) is 0 Å². The van der Waals surface area contributed by atoms with Gasteiger partial charge in [-0.05, 0) is 11.6 Å². The van der Waals surface area contributed by atoms with Gasteiger partial charge in [0, 0.05) is 37.3 Å². The van der Waals surface area contributed by atoms with Crippen molar-refractivity contribution in [2.45, 2.75) is 6.42 Å². The van der Waals surface area contributed by atoms with Crippen molar-refractivity contribution >= 4 is 29.1 Å². The van der Waals surface area contributed by atoms with Gasteiger partial charge in [-0.15, -0.1) is 0 Å². The lowest BCUT2D eigenvalue weighted by atomic mass is 10.1. The van der Waals surface area contributed by atoms with E-state index in [9.17, 15) is 4.79 Å². The van der Waals surface area contributed by atoms with E-state index in [0.29, 0.717) is 31.3 Å². The molecule has 1 aliphatic heterocycles. The van der Waals surface area contributed by atoms with Crippen molar-refractivity contribution in [1.82, 2.24) is 15.3 Å². The van der Waals surface area contributed by atoms with Crippen LogP contribution in [0.4, 0.5) is 11.6 Å². The van der Waals surface area contributed by atoms with Crippen molar-refractivity contribution in [3.05, 3.63) is 47.2 Å². The summed E-state index contributed by atoms with van der Waals surface area (Å²) in [4.78, 5) is 22.7. The first-order valence-corrected chi connectivity index (χ1v) is 8.99. The van der Waals surface area contributed by atoms with Crippen LogP contribution in [0.15, 0.2) is 36.7 Å². The van der Waals surface area contributed by atoms with Crippen LogP contribution < -0.4 is 15.5 Å². The number of anilines is 2. The van der Waals surface area contributed by atoms with E-state index in [1.165, 1.54) is 0 Å². The molecule has 7 nitrogen and oxygen atoms in total. The molecule has 1 aliphatic rings. The topological polar surface area (TPSA) is 79.4 Å². The largest absolute Gasteiger partial charge is 0.378 e. The molecule has 3 rings (SSSR count). The lowest BCUT2D eigenvalue weighted by Gasteiger charge is -2.27. The van der Waals surface area contributed by atoms with Gasteiger partial charge in [-0.25, -0.2) is 9.97 Å². The molecule has 0 saturated carbocycles. The molecule has 0 bridgehead atoms. The fourth-order valence-electron chi connectivity index (χ4n) is 2.68. The Balaban J connectivity index is 1.42. The van der Waals surface area contributed by atoms with E-state index >= 15 is 0 Å². The summed E-state index contributed by atoms with van der Waals surface area (Å²) in [5.41, 5.74) is 0.825. The van der Waals surface area contributed by atoms with Crippen LogP contribution in [0.25, 0.3) is 0 Å². The highest BCUT2D eigenvalue weighted by Gasteiger charge is 2.13. The fourth-order valence-corrected chi connectivity index (χ4v) is 2.88. The molecule has 8 heteroatoms. The molecule has 2 N–H and O–H groups in total. The Labute approximate surface area is 157 Å². The molecule has 1 amide bonds. The van der Waals surface area contributed by atoms with E-state index in [-0.39, 0.29) is 12.3 Å². The van der Waals surface area contributed by atoms with Crippen molar-refractivity contribution in [1.29, 1.82) is 0 Å². The summed E-state index contributed by atoms with van der Waals surface area (Å²) in [7, 11) is 0. The highest BCUT2D eigenvalue weighted by molar-refractivity contribution is 6.31. The third-order valence-corrected chi connectivity index (χ3v) is 4.42. The second-order valence-electron chi connectivity index (χ2n) is 5.91. The smallest absolute Gasteiger partial charge is 0.224 e. The average molecular weight is 376 g/mol. The van der Waals surface area contributed by atoms with E-state index in [1.807, 2.05) is 24.3 Å². The van der Waals surface area contributed by atoms with Crippen LogP contribution in [-0.2, 0) is 16.0 Å². The van der Waals surface area contributed by atoms with Gasteiger partial charge in [-0.2, -0.15) is 0 Å². The maximum absolute atomic E-state index is 12.0. The quantitative estimate of drug-likeness (QED) is 0.717. The van der Waals surface area contributed by atoms with Gasteiger partial charge in [-0.1, -0.05) is 29.8 Å². The number of carbonyl (C=O) groups excluding carboxylic acids is 1. The van der Waals surface area contributed by atoms with Crippen LogP contribution in [0.2, 0.25) is 5.02 Å². The Kier molecular flexibility index (Phi) is 6.62. The average Bonchev–Trinajstić information content (AvgIpc) is 2.68. The summed E-state index contributed by atoms with van der Waals surface area (Å²) < 4.78 is 5.35. The number of ether oxygens (including phenoxy) is 1. The summed E-state index contributed by atoms with van der Waals surface area (Å²) in [6.45, 7) is 4.16. The number of carbonyl (C=O) groups is 1. The van der Waals surface area contributed by atoms with E-state index in [4.69, 9.17) is 16.3 Å². The van der Waals surface area contributed by atoms with Crippen LogP contribution in [-0.4, -0.2) is 55.3 Å². The molecule has 2 aromatic rings. The van der Waals surface area contributed by atoms with Gasteiger partial charge in [0.1, 0.15) is 18.0 Å². The zero-order valence-electron chi connectivity index (χ0n) is 14.4. The molecule has 26 heavy (non-hydrogen) atoms. The number of hydrogen-bond acceptors (Lipinski definition) is 6. The van der Waals surface area contributed by atoms with Crippen molar-refractivity contribution in [2.24, 2.45) is 0 Å². The number of rotatable bonds is 7.